The van der Waals surface area contributed by atoms with E-state index in [-0.39, 0.29) is 0 Å². The van der Waals surface area contributed by atoms with Gasteiger partial charge in [0, 0.05) is 6.54 Å². The van der Waals surface area contributed by atoms with E-state index in [1.165, 1.54) is 0 Å². The molecule has 0 saturated heterocycles. The van der Waals surface area contributed by atoms with Crippen LogP contribution in [0.4, 0.5) is 11.8 Å². The minimum atomic E-state index is 0.467. The maximum Gasteiger partial charge on any atom is 0.244 e. The first-order valence-corrected chi connectivity index (χ1v) is 5.19. The van der Waals surface area contributed by atoms with Crippen molar-refractivity contribution in [3.63, 3.8) is 0 Å². The Morgan fingerprint density at radius 2 is 2.35 bits per heavy atom. The zero-order chi connectivity index (χ0) is 11.9. The van der Waals surface area contributed by atoms with Gasteiger partial charge in [-0.2, -0.15) is 10.1 Å². The quantitative estimate of drug-likeness (QED) is 0.736. The van der Waals surface area contributed by atoms with Gasteiger partial charge in [-0.15, -0.1) is 11.7 Å². The lowest BCUT2D eigenvalue weighted by Crippen LogP contribution is -2.07. The fourth-order valence-electron chi connectivity index (χ4n) is 1.22. The van der Waals surface area contributed by atoms with E-state index in [1.54, 1.807) is 18.5 Å². The van der Waals surface area contributed by atoms with Crippen LogP contribution in [0.2, 0.25) is 0 Å². The Kier molecular flexibility index (Phi) is 3.69. The third-order valence-corrected chi connectivity index (χ3v) is 1.99. The minimum Gasteiger partial charge on any atom is -0.467 e. The number of anilines is 2. The highest BCUT2D eigenvalue weighted by Crippen LogP contribution is 2.06. The lowest BCUT2D eigenvalue weighted by molar-refractivity contribution is 0.517. The van der Waals surface area contributed by atoms with Crippen molar-refractivity contribution in [2.24, 2.45) is 0 Å². The highest BCUT2D eigenvalue weighted by Gasteiger charge is 2.00. The van der Waals surface area contributed by atoms with Crippen LogP contribution in [0.3, 0.4) is 0 Å². The highest BCUT2D eigenvalue weighted by atomic mass is 16.3. The van der Waals surface area contributed by atoms with Gasteiger partial charge in [0.25, 0.3) is 0 Å². The van der Waals surface area contributed by atoms with Gasteiger partial charge in [-0.25, -0.2) is 0 Å². The number of nitrogens with one attached hydrogen (secondary N) is 2. The Labute approximate surface area is 98.8 Å². The molecule has 0 aliphatic carbocycles. The fraction of sp³-hybridized carbons (Fsp3) is 0.182. The molecule has 0 radical (unpaired) electrons. The van der Waals surface area contributed by atoms with Gasteiger partial charge in [-0.3, -0.25) is 0 Å². The van der Waals surface area contributed by atoms with Crippen molar-refractivity contribution in [2.75, 3.05) is 17.2 Å². The summed E-state index contributed by atoms with van der Waals surface area (Å²) in [4.78, 5) is 4.22. The molecule has 6 heteroatoms. The van der Waals surface area contributed by atoms with Gasteiger partial charge in [-0.05, 0) is 12.1 Å². The first-order chi connectivity index (χ1) is 8.38. The molecule has 17 heavy (non-hydrogen) atoms. The van der Waals surface area contributed by atoms with E-state index in [0.717, 1.165) is 5.76 Å². The summed E-state index contributed by atoms with van der Waals surface area (Å²) in [7, 11) is 0. The van der Waals surface area contributed by atoms with E-state index < -0.39 is 0 Å². The van der Waals surface area contributed by atoms with E-state index in [1.807, 2.05) is 12.1 Å². The third kappa shape index (κ3) is 3.30. The Morgan fingerprint density at radius 1 is 1.41 bits per heavy atom. The molecule has 2 aromatic rings. The second-order valence-corrected chi connectivity index (χ2v) is 3.27. The van der Waals surface area contributed by atoms with Crippen molar-refractivity contribution in [1.29, 1.82) is 0 Å². The molecule has 0 saturated carbocycles. The second kappa shape index (κ2) is 5.64. The Bertz CT molecular complexity index is 468. The molecular formula is C11H13N5O. The summed E-state index contributed by atoms with van der Waals surface area (Å²) in [6.45, 7) is 4.76. The van der Waals surface area contributed by atoms with Crippen LogP contribution in [0, 0.1) is 0 Å². The maximum absolute atomic E-state index is 5.20. The fourth-order valence-corrected chi connectivity index (χ4v) is 1.22. The summed E-state index contributed by atoms with van der Waals surface area (Å²) in [6.07, 6.45) is 4.92. The summed E-state index contributed by atoms with van der Waals surface area (Å²) >= 11 is 0. The number of aromatic nitrogens is 3. The number of nitrogens with zero attached hydrogens (tertiary/aromatic N) is 3. The molecule has 0 bridgehead atoms. The van der Waals surface area contributed by atoms with Gasteiger partial charge in [0.15, 0.2) is 5.82 Å². The van der Waals surface area contributed by atoms with E-state index >= 15 is 0 Å². The standard InChI is InChI=1S/C11H13N5O/c1-2-5-12-11-15-10(8-14-16-11)13-7-9-4-3-6-17-9/h2-4,6,8H,1,5,7H2,(H2,12,13,15,16). The first-order valence-electron chi connectivity index (χ1n) is 5.19. The molecule has 2 rings (SSSR count). The Balaban J connectivity index is 1.93. The summed E-state index contributed by atoms with van der Waals surface area (Å²) in [5.74, 6) is 1.95. The van der Waals surface area contributed by atoms with Gasteiger partial charge >= 0.3 is 0 Å². The molecule has 2 heterocycles. The molecule has 6 nitrogen and oxygen atoms in total. The molecular weight excluding hydrogens is 218 g/mol. The van der Waals surface area contributed by atoms with Crippen LogP contribution in [-0.2, 0) is 6.54 Å². The van der Waals surface area contributed by atoms with Gasteiger partial charge in [0.2, 0.25) is 5.95 Å². The van der Waals surface area contributed by atoms with Gasteiger partial charge in [-0.1, -0.05) is 6.08 Å². The van der Waals surface area contributed by atoms with E-state index in [0.29, 0.717) is 24.9 Å². The van der Waals surface area contributed by atoms with Crippen molar-refractivity contribution in [3.05, 3.63) is 43.0 Å². The Morgan fingerprint density at radius 3 is 3.12 bits per heavy atom. The van der Waals surface area contributed by atoms with Crippen molar-refractivity contribution in [2.45, 2.75) is 6.54 Å². The van der Waals surface area contributed by atoms with Crippen LogP contribution in [0.1, 0.15) is 5.76 Å². The number of rotatable bonds is 6. The number of hydrogen-bond donors (Lipinski definition) is 2. The predicted molar refractivity (Wildman–Crippen MR) is 64.5 cm³/mol. The molecule has 0 spiro atoms. The highest BCUT2D eigenvalue weighted by molar-refractivity contribution is 5.37. The lowest BCUT2D eigenvalue weighted by atomic mass is 10.4. The van der Waals surface area contributed by atoms with E-state index in [9.17, 15) is 0 Å². The van der Waals surface area contributed by atoms with Crippen molar-refractivity contribution >= 4 is 11.8 Å². The second-order valence-electron chi connectivity index (χ2n) is 3.27. The van der Waals surface area contributed by atoms with Crippen LogP contribution in [-0.4, -0.2) is 21.7 Å². The van der Waals surface area contributed by atoms with E-state index in [2.05, 4.69) is 32.4 Å². The van der Waals surface area contributed by atoms with Crippen LogP contribution in [0.5, 0.6) is 0 Å². The molecule has 0 fully saturated rings. The van der Waals surface area contributed by atoms with Crippen molar-refractivity contribution in [3.8, 4) is 0 Å². The lowest BCUT2D eigenvalue weighted by Gasteiger charge is -2.04. The molecule has 0 aliphatic heterocycles. The average Bonchev–Trinajstić information content (AvgIpc) is 2.87. The van der Waals surface area contributed by atoms with Crippen molar-refractivity contribution in [1.82, 2.24) is 15.2 Å². The molecule has 0 amide bonds. The normalized spacial score (nSPS) is 9.88. The maximum atomic E-state index is 5.20. The molecule has 2 N–H and O–H groups in total. The molecule has 88 valence electrons. The summed E-state index contributed by atoms with van der Waals surface area (Å²) in [5.41, 5.74) is 0. The first kappa shape index (κ1) is 11.1. The minimum absolute atomic E-state index is 0.467. The third-order valence-electron chi connectivity index (χ3n) is 1.99. The summed E-state index contributed by atoms with van der Waals surface area (Å²) < 4.78 is 5.20. The summed E-state index contributed by atoms with van der Waals surface area (Å²) in [6, 6.07) is 3.73. The summed E-state index contributed by atoms with van der Waals surface area (Å²) in [5, 5.41) is 13.7. The van der Waals surface area contributed by atoms with Gasteiger partial charge in [0.05, 0.1) is 19.0 Å². The zero-order valence-corrected chi connectivity index (χ0v) is 9.26. The van der Waals surface area contributed by atoms with Crippen LogP contribution >= 0.6 is 0 Å². The van der Waals surface area contributed by atoms with Crippen molar-refractivity contribution < 1.29 is 4.42 Å². The molecule has 2 aromatic heterocycles. The van der Waals surface area contributed by atoms with Gasteiger partial charge in [0.1, 0.15) is 5.76 Å². The molecule has 0 unspecified atom stereocenters. The number of hydrogen-bond acceptors (Lipinski definition) is 6. The molecule has 0 aliphatic rings. The predicted octanol–water partition coefficient (Wildman–Crippen LogP) is 1.67. The smallest absolute Gasteiger partial charge is 0.244 e. The average molecular weight is 231 g/mol. The number of furan rings is 1. The van der Waals surface area contributed by atoms with Crippen LogP contribution in [0.15, 0.2) is 41.7 Å². The SMILES string of the molecule is C=CCNc1nncc(NCc2ccco2)n1. The molecule has 0 aromatic carbocycles. The monoisotopic (exact) mass is 231 g/mol. The topological polar surface area (TPSA) is 75.9 Å². The van der Waals surface area contributed by atoms with Crippen LogP contribution < -0.4 is 10.6 Å². The van der Waals surface area contributed by atoms with Crippen LogP contribution in [0.25, 0.3) is 0 Å². The van der Waals surface area contributed by atoms with E-state index in [4.69, 9.17) is 4.42 Å². The van der Waals surface area contributed by atoms with Gasteiger partial charge < -0.3 is 15.1 Å². The zero-order valence-electron chi connectivity index (χ0n) is 9.26. The Hall–Kier alpha value is -2.37. The molecule has 0 atom stereocenters. The largest absolute Gasteiger partial charge is 0.467 e.